The van der Waals surface area contributed by atoms with Gasteiger partial charge in [-0.3, -0.25) is 0 Å². The van der Waals surface area contributed by atoms with Crippen LogP contribution in [0.4, 0.5) is 0 Å². The zero-order chi connectivity index (χ0) is 15.6. The number of aromatic nitrogens is 1. The number of aryl methyl sites for hydroxylation is 1. The molecule has 0 bridgehead atoms. The van der Waals surface area contributed by atoms with E-state index in [1.54, 1.807) is 6.20 Å². The molecule has 0 aliphatic carbocycles. The van der Waals surface area contributed by atoms with Crippen LogP contribution >= 0.6 is 11.6 Å². The van der Waals surface area contributed by atoms with E-state index < -0.39 is 0 Å². The lowest BCUT2D eigenvalue weighted by Crippen LogP contribution is -2.05. The predicted molar refractivity (Wildman–Crippen MR) is 87.2 cm³/mol. The summed E-state index contributed by atoms with van der Waals surface area (Å²) in [6.07, 6.45) is 1.74. The third-order valence-corrected chi connectivity index (χ3v) is 3.74. The largest absolute Gasteiger partial charge is 0.439 e. The van der Waals surface area contributed by atoms with Crippen LogP contribution in [0.5, 0.6) is 11.6 Å². The molecular formula is C17H21ClN2O. The monoisotopic (exact) mass is 304 g/mol. The fraction of sp³-hybridized carbons (Fsp3) is 0.353. The highest BCUT2D eigenvalue weighted by Gasteiger charge is 2.11. The average Bonchev–Trinajstić information content (AvgIpc) is 2.42. The van der Waals surface area contributed by atoms with Crippen LogP contribution in [0.15, 0.2) is 30.5 Å². The minimum absolute atomic E-state index is 0.0311. The van der Waals surface area contributed by atoms with Gasteiger partial charge in [-0.1, -0.05) is 31.5 Å². The quantitative estimate of drug-likeness (QED) is 0.866. The summed E-state index contributed by atoms with van der Waals surface area (Å²) in [5.74, 6) is 1.68. The third kappa shape index (κ3) is 3.74. The summed E-state index contributed by atoms with van der Waals surface area (Å²) < 4.78 is 5.88. The first kappa shape index (κ1) is 15.8. The number of rotatable bonds is 4. The van der Waals surface area contributed by atoms with Crippen molar-refractivity contribution in [2.45, 2.75) is 39.7 Å². The molecular weight excluding hydrogens is 284 g/mol. The minimum atomic E-state index is -0.0311. The van der Waals surface area contributed by atoms with Gasteiger partial charge in [-0.25, -0.2) is 4.98 Å². The summed E-state index contributed by atoms with van der Waals surface area (Å²) in [5.41, 5.74) is 8.86. The minimum Gasteiger partial charge on any atom is -0.439 e. The molecule has 1 unspecified atom stereocenters. The van der Waals surface area contributed by atoms with E-state index in [4.69, 9.17) is 22.1 Å². The van der Waals surface area contributed by atoms with Gasteiger partial charge in [0.25, 0.3) is 0 Å². The Kier molecular flexibility index (Phi) is 4.86. The molecule has 0 saturated heterocycles. The number of ether oxygens (including phenoxy) is 1. The highest BCUT2D eigenvalue weighted by atomic mass is 35.5. The molecule has 3 nitrogen and oxygen atoms in total. The van der Waals surface area contributed by atoms with Crippen molar-refractivity contribution in [1.82, 2.24) is 4.98 Å². The van der Waals surface area contributed by atoms with E-state index in [2.05, 4.69) is 18.8 Å². The molecule has 2 N–H and O–H groups in total. The topological polar surface area (TPSA) is 48.1 Å². The van der Waals surface area contributed by atoms with E-state index in [9.17, 15) is 0 Å². The van der Waals surface area contributed by atoms with Gasteiger partial charge in [0.2, 0.25) is 5.88 Å². The standard InChI is InChI=1S/C17H21ClN2O/c1-10(2)14-8-16(11(3)7-15(14)18)21-17-6-5-13(9-20-17)12(4)19/h5-10,12H,19H2,1-4H3. The molecule has 2 rings (SSSR count). The van der Waals surface area contributed by atoms with E-state index in [-0.39, 0.29) is 6.04 Å². The van der Waals surface area contributed by atoms with Gasteiger partial charge in [-0.2, -0.15) is 0 Å². The molecule has 0 aliphatic rings. The lowest BCUT2D eigenvalue weighted by molar-refractivity contribution is 0.458. The zero-order valence-corrected chi connectivity index (χ0v) is 13.6. The van der Waals surface area contributed by atoms with Gasteiger partial charge in [0, 0.05) is 23.3 Å². The molecule has 0 radical (unpaired) electrons. The van der Waals surface area contributed by atoms with Crippen molar-refractivity contribution in [3.05, 3.63) is 52.2 Å². The van der Waals surface area contributed by atoms with E-state index in [1.807, 2.05) is 38.1 Å². The van der Waals surface area contributed by atoms with Gasteiger partial charge in [-0.05, 0) is 48.6 Å². The molecule has 1 aromatic heterocycles. The Morgan fingerprint density at radius 2 is 1.90 bits per heavy atom. The number of hydrogen-bond acceptors (Lipinski definition) is 3. The Hall–Kier alpha value is -1.58. The van der Waals surface area contributed by atoms with Crippen LogP contribution in [0.2, 0.25) is 5.02 Å². The summed E-state index contributed by atoms with van der Waals surface area (Å²) in [7, 11) is 0. The van der Waals surface area contributed by atoms with Gasteiger partial charge in [0.05, 0.1) is 0 Å². The number of halogens is 1. The first-order chi connectivity index (χ1) is 9.88. The summed E-state index contributed by atoms with van der Waals surface area (Å²) in [6, 6.07) is 7.66. The van der Waals surface area contributed by atoms with Crippen LogP contribution in [0.3, 0.4) is 0 Å². The molecule has 4 heteroatoms. The van der Waals surface area contributed by atoms with Crippen molar-refractivity contribution in [3.63, 3.8) is 0 Å². The van der Waals surface area contributed by atoms with Crippen molar-refractivity contribution in [1.29, 1.82) is 0 Å². The van der Waals surface area contributed by atoms with E-state index in [0.717, 1.165) is 27.5 Å². The molecule has 21 heavy (non-hydrogen) atoms. The number of hydrogen-bond donors (Lipinski definition) is 1. The maximum atomic E-state index is 6.27. The van der Waals surface area contributed by atoms with Gasteiger partial charge >= 0.3 is 0 Å². The second kappa shape index (κ2) is 6.46. The Labute approximate surface area is 131 Å². The molecule has 0 saturated carbocycles. The lowest BCUT2D eigenvalue weighted by atomic mass is 10.0. The normalized spacial score (nSPS) is 12.5. The van der Waals surface area contributed by atoms with Crippen LogP contribution in [0, 0.1) is 6.92 Å². The van der Waals surface area contributed by atoms with Crippen LogP contribution in [-0.4, -0.2) is 4.98 Å². The maximum absolute atomic E-state index is 6.27. The molecule has 0 fully saturated rings. The van der Waals surface area contributed by atoms with E-state index >= 15 is 0 Å². The summed E-state index contributed by atoms with van der Waals surface area (Å²) in [5, 5.41) is 0.773. The predicted octanol–water partition coefficient (Wildman–Crippen LogP) is 4.98. The van der Waals surface area contributed by atoms with Crippen LogP contribution in [0.1, 0.15) is 49.4 Å². The lowest BCUT2D eigenvalue weighted by Gasteiger charge is -2.14. The molecule has 1 aromatic carbocycles. The van der Waals surface area contributed by atoms with Crippen molar-refractivity contribution >= 4 is 11.6 Å². The van der Waals surface area contributed by atoms with E-state index in [1.165, 1.54) is 0 Å². The van der Waals surface area contributed by atoms with Gasteiger partial charge in [0.1, 0.15) is 5.75 Å². The fourth-order valence-electron chi connectivity index (χ4n) is 2.06. The van der Waals surface area contributed by atoms with E-state index in [0.29, 0.717) is 11.8 Å². The Morgan fingerprint density at radius 3 is 2.43 bits per heavy atom. The molecule has 1 heterocycles. The number of nitrogens with two attached hydrogens (primary N) is 1. The smallest absolute Gasteiger partial charge is 0.219 e. The Bertz CT molecular complexity index is 621. The second-order valence-electron chi connectivity index (χ2n) is 5.61. The molecule has 112 valence electrons. The van der Waals surface area contributed by atoms with Crippen molar-refractivity contribution < 1.29 is 4.74 Å². The summed E-state index contributed by atoms with van der Waals surface area (Å²) in [4.78, 5) is 4.30. The van der Waals surface area contributed by atoms with Crippen molar-refractivity contribution in [3.8, 4) is 11.6 Å². The van der Waals surface area contributed by atoms with Crippen molar-refractivity contribution in [2.75, 3.05) is 0 Å². The first-order valence-electron chi connectivity index (χ1n) is 7.08. The Balaban J connectivity index is 2.28. The highest BCUT2D eigenvalue weighted by Crippen LogP contribution is 2.33. The SMILES string of the molecule is Cc1cc(Cl)c(C(C)C)cc1Oc1ccc(C(C)N)cn1. The Morgan fingerprint density at radius 1 is 1.19 bits per heavy atom. The molecule has 0 spiro atoms. The molecule has 0 amide bonds. The highest BCUT2D eigenvalue weighted by molar-refractivity contribution is 6.31. The average molecular weight is 305 g/mol. The van der Waals surface area contributed by atoms with Crippen LogP contribution in [0.25, 0.3) is 0 Å². The molecule has 1 atom stereocenters. The van der Waals surface area contributed by atoms with Crippen molar-refractivity contribution in [2.24, 2.45) is 5.73 Å². The second-order valence-corrected chi connectivity index (χ2v) is 6.02. The third-order valence-electron chi connectivity index (χ3n) is 3.42. The molecule has 0 aliphatic heterocycles. The summed E-state index contributed by atoms with van der Waals surface area (Å²) >= 11 is 6.27. The zero-order valence-electron chi connectivity index (χ0n) is 12.9. The first-order valence-corrected chi connectivity index (χ1v) is 7.45. The number of pyridine rings is 1. The van der Waals surface area contributed by atoms with Gasteiger partial charge < -0.3 is 10.5 Å². The number of benzene rings is 1. The van der Waals surface area contributed by atoms with Gasteiger partial charge in [0.15, 0.2) is 0 Å². The van der Waals surface area contributed by atoms with Crippen LogP contribution in [-0.2, 0) is 0 Å². The fourth-order valence-corrected chi connectivity index (χ4v) is 2.49. The molecule has 2 aromatic rings. The maximum Gasteiger partial charge on any atom is 0.219 e. The van der Waals surface area contributed by atoms with Crippen LogP contribution < -0.4 is 10.5 Å². The number of nitrogens with zero attached hydrogens (tertiary/aromatic N) is 1. The van der Waals surface area contributed by atoms with Gasteiger partial charge in [-0.15, -0.1) is 0 Å². The summed E-state index contributed by atoms with van der Waals surface area (Å²) in [6.45, 7) is 8.11.